The number of hydrogen-bond acceptors (Lipinski definition) is 5. The summed E-state index contributed by atoms with van der Waals surface area (Å²) in [5.74, 6) is 0.372. The molecule has 0 radical (unpaired) electrons. The lowest BCUT2D eigenvalue weighted by Gasteiger charge is -2.31. The van der Waals surface area contributed by atoms with E-state index >= 15 is 0 Å². The molecule has 1 atom stereocenters. The lowest BCUT2D eigenvalue weighted by Crippen LogP contribution is -2.27. The number of carbonyl (C=O) groups excluding carboxylic acids is 1. The Bertz CT molecular complexity index is 1180. The second kappa shape index (κ2) is 8.96. The molecule has 2 aliphatic rings. The molecule has 0 saturated carbocycles. The average Bonchev–Trinajstić information content (AvgIpc) is 2.73. The molecule has 0 spiro atoms. The Labute approximate surface area is 198 Å². The molecule has 0 aromatic heterocycles. The first-order valence-corrected chi connectivity index (χ1v) is 11.1. The van der Waals surface area contributed by atoms with Gasteiger partial charge in [-0.2, -0.15) is 5.26 Å². The van der Waals surface area contributed by atoms with Gasteiger partial charge >= 0.3 is 0 Å². The number of nitrogens with two attached hydrogens (primary N) is 1. The van der Waals surface area contributed by atoms with Crippen LogP contribution >= 0.6 is 39.1 Å². The Hall–Kier alpha value is -2.46. The van der Waals surface area contributed by atoms with Crippen LogP contribution in [-0.2, 0) is 16.1 Å². The van der Waals surface area contributed by atoms with Crippen molar-refractivity contribution >= 4 is 44.9 Å². The monoisotopic (exact) mass is 518 g/mol. The zero-order valence-electron chi connectivity index (χ0n) is 16.3. The molecular weight excluding hydrogens is 503 g/mol. The molecule has 1 aliphatic heterocycles. The van der Waals surface area contributed by atoms with Gasteiger partial charge in [-0.25, -0.2) is 0 Å². The number of carbonyl (C=O) groups is 1. The van der Waals surface area contributed by atoms with Gasteiger partial charge < -0.3 is 15.2 Å². The molecule has 1 unspecified atom stereocenters. The van der Waals surface area contributed by atoms with E-state index in [1.165, 1.54) is 0 Å². The van der Waals surface area contributed by atoms with Crippen LogP contribution in [0.5, 0.6) is 5.75 Å². The lowest BCUT2D eigenvalue weighted by atomic mass is 9.77. The number of rotatable bonds is 4. The zero-order chi connectivity index (χ0) is 22.1. The Kier molecular flexibility index (Phi) is 6.29. The topological polar surface area (TPSA) is 85.3 Å². The van der Waals surface area contributed by atoms with E-state index in [2.05, 4.69) is 22.0 Å². The molecule has 158 valence electrons. The molecule has 0 bridgehead atoms. The van der Waals surface area contributed by atoms with Crippen molar-refractivity contribution in [2.24, 2.45) is 5.73 Å². The fraction of sp³-hybridized carbons (Fsp3) is 0.217. The zero-order valence-corrected chi connectivity index (χ0v) is 19.4. The van der Waals surface area contributed by atoms with E-state index in [0.717, 1.165) is 10.0 Å². The van der Waals surface area contributed by atoms with Gasteiger partial charge in [0.05, 0.1) is 5.92 Å². The average molecular weight is 520 g/mol. The first kappa shape index (κ1) is 21.8. The second-order valence-electron chi connectivity index (χ2n) is 7.24. The van der Waals surface area contributed by atoms with E-state index in [-0.39, 0.29) is 23.8 Å². The maximum Gasteiger partial charge on any atom is 0.205 e. The maximum absolute atomic E-state index is 12.8. The maximum atomic E-state index is 12.8. The predicted octanol–water partition coefficient (Wildman–Crippen LogP) is 6.15. The number of benzene rings is 2. The third-order valence-corrected chi connectivity index (χ3v) is 6.37. The number of ether oxygens (including phenoxy) is 2. The SMILES string of the molecule is N#CC1=C(N)OC2=C(C(=O)CCC2)C1c1cc(Br)ccc1OCc1ccc(Cl)cc1Cl. The number of halogens is 3. The highest BCUT2D eigenvalue weighted by Gasteiger charge is 2.39. The minimum Gasteiger partial charge on any atom is -0.489 e. The molecule has 5 nitrogen and oxygen atoms in total. The fourth-order valence-corrected chi connectivity index (χ4v) is 4.68. The van der Waals surface area contributed by atoms with Gasteiger partial charge in [0.25, 0.3) is 0 Å². The molecule has 0 amide bonds. The van der Waals surface area contributed by atoms with Crippen molar-refractivity contribution < 1.29 is 14.3 Å². The molecular formula is C23H17BrCl2N2O3. The minimum absolute atomic E-state index is 0.0209. The van der Waals surface area contributed by atoms with E-state index in [1.807, 2.05) is 12.1 Å². The van der Waals surface area contributed by atoms with Crippen LogP contribution in [0.4, 0.5) is 0 Å². The van der Waals surface area contributed by atoms with Crippen LogP contribution in [0.1, 0.15) is 36.3 Å². The summed E-state index contributed by atoms with van der Waals surface area (Å²) in [6.07, 6.45) is 1.69. The summed E-state index contributed by atoms with van der Waals surface area (Å²) in [6.45, 7) is 0.189. The standard InChI is InChI=1S/C23H17BrCl2N2O3/c24-13-5-7-19(30-11-12-4-6-14(25)9-17(12)26)15(8-13)21-16(10-27)23(28)31-20-3-1-2-18(29)22(20)21/h4-9,21H,1-3,11,28H2. The van der Waals surface area contributed by atoms with Gasteiger partial charge in [-0.3, -0.25) is 4.79 Å². The first-order valence-electron chi connectivity index (χ1n) is 9.59. The molecule has 2 aromatic rings. The van der Waals surface area contributed by atoms with Crippen molar-refractivity contribution in [3.8, 4) is 11.8 Å². The Morgan fingerprint density at radius 3 is 2.77 bits per heavy atom. The number of hydrogen-bond donors (Lipinski definition) is 1. The minimum atomic E-state index is -0.658. The Morgan fingerprint density at radius 2 is 2.03 bits per heavy atom. The lowest BCUT2D eigenvalue weighted by molar-refractivity contribution is -0.116. The van der Waals surface area contributed by atoms with Gasteiger partial charge in [0.2, 0.25) is 5.88 Å². The second-order valence-corrected chi connectivity index (χ2v) is 9.00. The van der Waals surface area contributed by atoms with E-state index in [0.29, 0.717) is 52.0 Å². The summed E-state index contributed by atoms with van der Waals surface area (Å²) in [5, 5.41) is 10.8. The van der Waals surface area contributed by atoms with Crippen LogP contribution in [0.3, 0.4) is 0 Å². The quantitative estimate of drug-likeness (QED) is 0.523. The van der Waals surface area contributed by atoms with E-state index in [1.54, 1.807) is 24.3 Å². The predicted molar refractivity (Wildman–Crippen MR) is 121 cm³/mol. The smallest absolute Gasteiger partial charge is 0.205 e. The van der Waals surface area contributed by atoms with Crippen molar-refractivity contribution in [2.75, 3.05) is 0 Å². The summed E-state index contributed by atoms with van der Waals surface area (Å²) in [7, 11) is 0. The molecule has 4 rings (SSSR count). The number of nitriles is 1. The van der Waals surface area contributed by atoms with Crippen LogP contribution in [-0.4, -0.2) is 5.78 Å². The summed E-state index contributed by atoms with van der Waals surface area (Å²) in [5.41, 5.74) is 8.15. The molecule has 31 heavy (non-hydrogen) atoms. The van der Waals surface area contributed by atoms with Crippen LogP contribution < -0.4 is 10.5 Å². The van der Waals surface area contributed by atoms with Crippen LogP contribution in [0.25, 0.3) is 0 Å². The van der Waals surface area contributed by atoms with Gasteiger partial charge in [0.15, 0.2) is 5.78 Å². The molecule has 2 N–H and O–H groups in total. The summed E-state index contributed by atoms with van der Waals surface area (Å²) in [4.78, 5) is 12.8. The van der Waals surface area contributed by atoms with Crippen molar-refractivity contribution in [2.45, 2.75) is 31.8 Å². The molecule has 0 fully saturated rings. The number of nitrogens with zero attached hydrogens (tertiary/aromatic N) is 1. The van der Waals surface area contributed by atoms with Gasteiger partial charge in [0, 0.05) is 44.1 Å². The highest BCUT2D eigenvalue weighted by molar-refractivity contribution is 9.10. The molecule has 2 aromatic carbocycles. The van der Waals surface area contributed by atoms with Crippen molar-refractivity contribution in [1.82, 2.24) is 0 Å². The Morgan fingerprint density at radius 1 is 1.23 bits per heavy atom. The fourth-order valence-electron chi connectivity index (χ4n) is 3.84. The molecule has 8 heteroatoms. The van der Waals surface area contributed by atoms with Crippen LogP contribution in [0, 0.1) is 11.3 Å². The van der Waals surface area contributed by atoms with E-state index < -0.39 is 5.92 Å². The molecule has 0 saturated heterocycles. The van der Waals surface area contributed by atoms with Gasteiger partial charge in [-0.15, -0.1) is 0 Å². The molecule has 1 aliphatic carbocycles. The normalized spacial score (nSPS) is 18.4. The Balaban J connectivity index is 1.78. The summed E-state index contributed by atoms with van der Waals surface area (Å²) in [6, 6.07) is 12.8. The third kappa shape index (κ3) is 4.31. The van der Waals surface area contributed by atoms with Crippen molar-refractivity contribution in [1.29, 1.82) is 5.26 Å². The number of Topliss-reactive ketones (excluding diaryl/α,β-unsaturated/α-hetero) is 1. The van der Waals surface area contributed by atoms with Gasteiger partial charge in [0.1, 0.15) is 29.8 Å². The van der Waals surface area contributed by atoms with Gasteiger partial charge in [-0.05, 0) is 36.8 Å². The first-order chi connectivity index (χ1) is 14.9. The van der Waals surface area contributed by atoms with E-state index in [4.69, 9.17) is 38.4 Å². The van der Waals surface area contributed by atoms with Crippen molar-refractivity contribution in [3.63, 3.8) is 0 Å². The highest BCUT2D eigenvalue weighted by Crippen LogP contribution is 2.46. The highest BCUT2D eigenvalue weighted by atomic mass is 79.9. The van der Waals surface area contributed by atoms with E-state index in [9.17, 15) is 10.1 Å². The summed E-state index contributed by atoms with van der Waals surface area (Å²) >= 11 is 15.7. The third-order valence-electron chi connectivity index (χ3n) is 5.29. The van der Waals surface area contributed by atoms with Crippen LogP contribution in [0.15, 0.2) is 63.7 Å². The van der Waals surface area contributed by atoms with Gasteiger partial charge in [-0.1, -0.05) is 45.2 Å². The summed E-state index contributed by atoms with van der Waals surface area (Å²) < 4.78 is 12.5. The largest absolute Gasteiger partial charge is 0.489 e. The van der Waals surface area contributed by atoms with Crippen LogP contribution in [0.2, 0.25) is 10.0 Å². The molecule has 1 heterocycles. The number of allylic oxidation sites excluding steroid dienone is 3. The van der Waals surface area contributed by atoms with Crippen molar-refractivity contribution in [3.05, 3.63) is 84.8 Å². The number of ketones is 1.